The van der Waals surface area contributed by atoms with Crippen LogP contribution in [0.4, 0.5) is 27.1 Å². The van der Waals surface area contributed by atoms with Gasteiger partial charge in [-0.3, -0.25) is 10.1 Å². The van der Waals surface area contributed by atoms with Crippen molar-refractivity contribution in [2.75, 3.05) is 17.2 Å². The van der Waals surface area contributed by atoms with Crippen LogP contribution in [0, 0.1) is 22.9 Å². The number of nitro benzene ring substituents is 1. The van der Waals surface area contributed by atoms with E-state index in [4.69, 9.17) is 0 Å². The molecule has 2 rings (SSSR count). The molecule has 6 heteroatoms. The molecule has 2 N–H and O–H groups in total. The first kappa shape index (κ1) is 14.8. The molecule has 0 amide bonds. The Balaban J connectivity index is 2.38. The third-order valence-electron chi connectivity index (χ3n) is 2.91. The van der Waals surface area contributed by atoms with Gasteiger partial charge in [-0.15, -0.1) is 0 Å². The second kappa shape index (κ2) is 6.21. The van der Waals surface area contributed by atoms with Crippen LogP contribution in [0.2, 0.25) is 0 Å². The molecule has 2 aromatic carbocycles. The number of hydrogen-bond donors (Lipinski definition) is 2. The van der Waals surface area contributed by atoms with Crippen LogP contribution < -0.4 is 10.6 Å². The molecule has 0 bridgehead atoms. The first-order chi connectivity index (χ1) is 9.99. The summed E-state index contributed by atoms with van der Waals surface area (Å²) in [6, 6.07) is 9.21. The van der Waals surface area contributed by atoms with Crippen LogP contribution in [-0.4, -0.2) is 11.5 Å². The maximum Gasteiger partial charge on any atom is 0.273 e. The van der Waals surface area contributed by atoms with Crippen LogP contribution in [0.15, 0.2) is 36.4 Å². The zero-order valence-electron chi connectivity index (χ0n) is 11.8. The number of hydrogen-bond acceptors (Lipinski definition) is 4. The van der Waals surface area contributed by atoms with Gasteiger partial charge in [0.05, 0.1) is 10.6 Å². The van der Waals surface area contributed by atoms with Gasteiger partial charge in [0.15, 0.2) is 0 Å². The summed E-state index contributed by atoms with van der Waals surface area (Å²) in [4.78, 5) is 10.5. The summed E-state index contributed by atoms with van der Waals surface area (Å²) in [7, 11) is 0. The predicted octanol–water partition coefficient (Wildman–Crippen LogP) is 4.22. The fourth-order valence-corrected chi connectivity index (χ4v) is 1.99. The lowest BCUT2D eigenvalue weighted by molar-refractivity contribution is -0.384. The van der Waals surface area contributed by atoms with Gasteiger partial charge in [-0.05, 0) is 37.6 Å². The molecule has 0 fully saturated rings. The highest BCUT2D eigenvalue weighted by atomic mass is 19.1. The van der Waals surface area contributed by atoms with Crippen LogP contribution in [0.5, 0.6) is 0 Å². The number of benzene rings is 2. The van der Waals surface area contributed by atoms with E-state index in [0.717, 1.165) is 5.56 Å². The monoisotopic (exact) mass is 289 g/mol. The maximum absolute atomic E-state index is 13.8. The molecule has 0 saturated heterocycles. The van der Waals surface area contributed by atoms with E-state index in [9.17, 15) is 14.5 Å². The molecule has 0 saturated carbocycles. The Labute approximate surface area is 122 Å². The Morgan fingerprint density at radius 1 is 1.19 bits per heavy atom. The van der Waals surface area contributed by atoms with Gasteiger partial charge >= 0.3 is 0 Å². The minimum Gasteiger partial charge on any atom is -0.385 e. The van der Waals surface area contributed by atoms with Gasteiger partial charge in [-0.2, -0.15) is 0 Å². The number of non-ortho nitro benzene ring substituents is 1. The van der Waals surface area contributed by atoms with Gasteiger partial charge in [-0.25, -0.2) is 4.39 Å². The topological polar surface area (TPSA) is 67.2 Å². The van der Waals surface area contributed by atoms with E-state index in [1.54, 1.807) is 18.2 Å². The quantitative estimate of drug-likeness (QED) is 0.639. The van der Waals surface area contributed by atoms with Crippen molar-refractivity contribution in [1.29, 1.82) is 0 Å². The normalized spacial score (nSPS) is 10.2. The Hall–Kier alpha value is -2.63. The molecular formula is C15H16FN3O2. The highest BCUT2D eigenvalue weighted by molar-refractivity contribution is 5.69. The van der Waals surface area contributed by atoms with Crippen LogP contribution in [0.1, 0.15) is 12.5 Å². The third kappa shape index (κ3) is 3.68. The van der Waals surface area contributed by atoms with Crippen LogP contribution >= 0.6 is 0 Å². The molecule has 110 valence electrons. The fourth-order valence-electron chi connectivity index (χ4n) is 1.99. The molecule has 2 aromatic rings. The Morgan fingerprint density at radius 3 is 2.57 bits per heavy atom. The van der Waals surface area contributed by atoms with Crippen LogP contribution in [-0.2, 0) is 0 Å². The predicted molar refractivity (Wildman–Crippen MR) is 81.7 cm³/mol. The van der Waals surface area contributed by atoms with Crippen molar-refractivity contribution in [2.45, 2.75) is 13.8 Å². The molecule has 0 aromatic heterocycles. The van der Waals surface area contributed by atoms with Crippen LogP contribution in [0.3, 0.4) is 0 Å². The molecule has 0 aliphatic rings. The first-order valence-corrected chi connectivity index (χ1v) is 6.56. The van der Waals surface area contributed by atoms with Crippen molar-refractivity contribution < 1.29 is 9.31 Å². The Bertz CT molecular complexity index is 674. The second-order valence-electron chi connectivity index (χ2n) is 4.66. The molecule has 21 heavy (non-hydrogen) atoms. The highest BCUT2D eigenvalue weighted by Crippen LogP contribution is 2.28. The summed E-state index contributed by atoms with van der Waals surface area (Å²) in [5.74, 6) is -0.405. The minimum atomic E-state index is -0.474. The van der Waals surface area contributed by atoms with Gasteiger partial charge in [0.1, 0.15) is 5.82 Å². The van der Waals surface area contributed by atoms with Crippen molar-refractivity contribution in [2.24, 2.45) is 0 Å². The average Bonchev–Trinajstić information content (AvgIpc) is 2.43. The molecule has 5 nitrogen and oxygen atoms in total. The van der Waals surface area contributed by atoms with Crippen molar-refractivity contribution in [3.8, 4) is 0 Å². The summed E-state index contributed by atoms with van der Waals surface area (Å²) in [5, 5.41) is 16.9. The molecule has 0 atom stereocenters. The van der Waals surface area contributed by atoms with E-state index in [2.05, 4.69) is 10.6 Å². The van der Waals surface area contributed by atoms with E-state index in [1.165, 1.54) is 18.2 Å². The number of rotatable bonds is 5. The maximum atomic E-state index is 13.8. The Morgan fingerprint density at radius 2 is 1.90 bits per heavy atom. The molecule has 0 heterocycles. The van der Waals surface area contributed by atoms with Crippen molar-refractivity contribution in [3.63, 3.8) is 0 Å². The summed E-state index contributed by atoms with van der Waals surface area (Å²) >= 11 is 0. The fraction of sp³-hybridized carbons (Fsp3) is 0.200. The third-order valence-corrected chi connectivity index (χ3v) is 2.91. The van der Waals surface area contributed by atoms with E-state index >= 15 is 0 Å². The summed E-state index contributed by atoms with van der Waals surface area (Å²) in [6.07, 6.45) is 0. The number of nitro groups is 1. The molecule has 0 radical (unpaired) electrons. The van der Waals surface area contributed by atoms with Crippen molar-refractivity contribution in [3.05, 3.63) is 57.9 Å². The summed E-state index contributed by atoms with van der Waals surface area (Å²) in [6.45, 7) is 4.38. The number of nitrogens with zero attached hydrogens (tertiary/aromatic N) is 1. The smallest absolute Gasteiger partial charge is 0.273 e. The van der Waals surface area contributed by atoms with Crippen molar-refractivity contribution >= 4 is 22.7 Å². The second-order valence-corrected chi connectivity index (χ2v) is 4.66. The lowest BCUT2D eigenvalue weighted by Crippen LogP contribution is -2.01. The lowest BCUT2D eigenvalue weighted by Gasteiger charge is -2.11. The van der Waals surface area contributed by atoms with E-state index in [1.807, 2.05) is 13.8 Å². The molecule has 0 unspecified atom stereocenters. The van der Waals surface area contributed by atoms with Gasteiger partial charge < -0.3 is 10.6 Å². The molecule has 0 aliphatic carbocycles. The number of halogens is 1. The standard InChI is InChI=1S/C15H16FN3O2/c1-3-17-11-7-12(9-13(8-11)19(20)21)18-15-6-10(2)4-5-14(15)16/h4-9,17-18H,3H2,1-2H3. The molecule has 0 spiro atoms. The highest BCUT2D eigenvalue weighted by Gasteiger charge is 2.11. The summed E-state index contributed by atoms with van der Waals surface area (Å²) < 4.78 is 13.8. The first-order valence-electron chi connectivity index (χ1n) is 6.56. The van der Waals surface area contributed by atoms with Gasteiger partial charge in [0.25, 0.3) is 5.69 Å². The van der Waals surface area contributed by atoms with Gasteiger partial charge in [-0.1, -0.05) is 6.07 Å². The molecular weight excluding hydrogens is 273 g/mol. The zero-order chi connectivity index (χ0) is 15.4. The lowest BCUT2D eigenvalue weighted by atomic mass is 10.2. The van der Waals surface area contributed by atoms with E-state index in [-0.39, 0.29) is 11.4 Å². The van der Waals surface area contributed by atoms with Crippen molar-refractivity contribution in [1.82, 2.24) is 0 Å². The number of nitrogens with one attached hydrogen (secondary N) is 2. The molecule has 0 aliphatic heterocycles. The number of aryl methyl sites for hydroxylation is 1. The van der Waals surface area contributed by atoms with Crippen LogP contribution in [0.25, 0.3) is 0 Å². The Kier molecular flexibility index (Phi) is 4.37. The zero-order valence-corrected chi connectivity index (χ0v) is 11.8. The van der Waals surface area contributed by atoms with Gasteiger partial charge in [0, 0.05) is 30.1 Å². The number of anilines is 3. The van der Waals surface area contributed by atoms with E-state index in [0.29, 0.717) is 17.9 Å². The average molecular weight is 289 g/mol. The largest absolute Gasteiger partial charge is 0.385 e. The van der Waals surface area contributed by atoms with Gasteiger partial charge in [0.2, 0.25) is 0 Å². The minimum absolute atomic E-state index is 0.0518. The summed E-state index contributed by atoms with van der Waals surface area (Å²) in [5.41, 5.74) is 2.21. The van der Waals surface area contributed by atoms with E-state index < -0.39 is 10.7 Å². The SMILES string of the molecule is CCNc1cc(Nc2cc(C)ccc2F)cc([N+](=O)[O-])c1.